The quantitative estimate of drug-likeness (QED) is 0.697. The van der Waals surface area contributed by atoms with Gasteiger partial charge in [0.1, 0.15) is 5.82 Å². The molecule has 0 aliphatic heterocycles. The number of hydrogen-bond acceptors (Lipinski definition) is 2. The zero-order chi connectivity index (χ0) is 8.39. The van der Waals surface area contributed by atoms with E-state index >= 15 is 0 Å². The van der Waals surface area contributed by atoms with Crippen LogP contribution in [0.4, 0.5) is 0 Å². The molecule has 3 nitrogen and oxygen atoms in total. The number of aromatic amines is 1. The van der Waals surface area contributed by atoms with Gasteiger partial charge in [-0.2, -0.15) is 0 Å². The van der Waals surface area contributed by atoms with Crippen LogP contribution in [0.25, 0.3) is 0 Å². The van der Waals surface area contributed by atoms with Crippen LogP contribution in [0.15, 0.2) is 12.4 Å². The van der Waals surface area contributed by atoms with Crippen molar-refractivity contribution in [1.82, 2.24) is 15.3 Å². The molecule has 0 bridgehead atoms. The van der Waals surface area contributed by atoms with Crippen LogP contribution >= 0.6 is 0 Å². The van der Waals surface area contributed by atoms with Crippen LogP contribution in [-0.2, 0) is 6.42 Å². The maximum atomic E-state index is 4.22. The van der Waals surface area contributed by atoms with E-state index in [2.05, 4.69) is 15.3 Å². The third-order valence-electron chi connectivity index (χ3n) is 2.53. The predicted octanol–water partition coefficient (Wildman–Crippen LogP) is 0.950. The first kappa shape index (κ1) is 7.80. The minimum atomic E-state index is 0.621. The van der Waals surface area contributed by atoms with Crippen LogP contribution in [0.5, 0.6) is 0 Å². The van der Waals surface area contributed by atoms with Gasteiger partial charge in [-0.05, 0) is 25.8 Å². The Labute approximate surface area is 72.6 Å². The summed E-state index contributed by atoms with van der Waals surface area (Å²) in [6, 6.07) is 0.621. The van der Waals surface area contributed by atoms with Gasteiger partial charge in [0, 0.05) is 24.9 Å². The van der Waals surface area contributed by atoms with Gasteiger partial charge in [-0.1, -0.05) is 0 Å². The molecule has 1 unspecified atom stereocenters. The van der Waals surface area contributed by atoms with Gasteiger partial charge in [-0.3, -0.25) is 0 Å². The van der Waals surface area contributed by atoms with Crippen molar-refractivity contribution in [3.05, 3.63) is 18.2 Å². The SMILES string of the molecule is CNC(Cc1ncc[nH]1)C1CC1. The van der Waals surface area contributed by atoms with Gasteiger partial charge in [0.05, 0.1) is 0 Å². The zero-order valence-electron chi connectivity index (χ0n) is 7.38. The topological polar surface area (TPSA) is 40.7 Å². The van der Waals surface area contributed by atoms with Gasteiger partial charge < -0.3 is 10.3 Å². The molecular weight excluding hydrogens is 150 g/mol. The summed E-state index contributed by atoms with van der Waals surface area (Å²) in [7, 11) is 2.03. The molecule has 1 saturated carbocycles. The number of rotatable bonds is 4. The summed E-state index contributed by atoms with van der Waals surface area (Å²) < 4.78 is 0. The smallest absolute Gasteiger partial charge is 0.107 e. The Morgan fingerprint density at radius 1 is 1.75 bits per heavy atom. The Bertz CT molecular complexity index is 226. The summed E-state index contributed by atoms with van der Waals surface area (Å²) in [4.78, 5) is 7.35. The number of imidazole rings is 1. The molecule has 1 aliphatic carbocycles. The first-order valence-corrected chi connectivity index (χ1v) is 4.55. The molecule has 1 atom stereocenters. The Morgan fingerprint density at radius 3 is 3.08 bits per heavy atom. The molecule has 1 aromatic heterocycles. The maximum Gasteiger partial charge on any atom is 0.107 e. The van der Waals surface area contributed by atoms with Gasteiger partial charge in [-0.15, -0.1) is 0 Å². The van der Waals surface area contributed by atoms with Crippen molar-refractivity contribution in [3.63, 3.8) is 0 Å². The van der Waals surface area contributed by atoms with E-state index in [0.29, 0.717) is 6.04 Å². The summed E-state index contributed by atoms with van der Waals surface area (Å²) >= 11 is 0. The third kappa shape index (κ3) is 1.67. The molecule has 0 spiro atoms. The first-order valence-electron chi connectivity index (χ1n) is 4.55. The van der Waals surface area contributed by atoms with E-state index in [-0.39, 0.29) is 0 Å². The fraction of sp³-hybridized carbons (Fsp3) is 0.667. The van der Waals surface area contributed by atoms with Crippen molar-refractivity contribution in [2.75, 3.05) is 7.05 Å². The lowest BCUT2D eigenvalue weighted by Gasteiger charge is -2.12. The Balaban J connectivity index is 1.91. The van der Waals surface area contributed by atoms with Crippen molar-refractivity contribution < 1.29 is 0 Å². The van der Waals surface area contributed by atoms with E-state index in [4.69, 9.17) is 0 Å². The third-order valence-corrected chi connectivity index (χ3v) is 2.53. The van der Waals surface area contributed by atoms with Crippen LogP contribution in [-0.4, -0.2) is 23.1 Å². The second kappa shape index (κ2) is 3.27. The molecule has 3 heteroatoms. The van der Waals surface area contributed by atoms with Crippen molar-refractivity contribution >= 4 is 0 Å². The number of nitrogens with zero attached hydrogens (tertiary/aromatic N) is 1. The molecule has 1 aliphatic rings. The number of likely N-dealkylation sites (N-methyl/N-ethyl adjacent to an activating group) is 1. The molecule has 0 radical (unpaired) electrons. The number of aromatic nitrogens is 2. The number of nitrogens with one attached hydrogen (secondary N) is 2. The fourth-order valence-corrected chi connectivity index (χ4v) is 1.62. The summed E-state index contributed by atoms with van der Waals surface area (Å²) in [6.07, 6.45) is 7.50. The van der Waals surface area contributed by atoms with Gasteiger partial charge in [-0.25, -0.2) is 4.98 Å². The van der Waals surface area contributed by atoms with Gasteiger partial charge in [0.2, 0.25) is 0 Å². The van der Waals surface area contributed by atoms with Crippen molar-refractivity contribution in [2.45, 2.75) is 25.3 Å². The first-order chi connectivity index (χ1) is 5.90. The molecule has 0 aromatic carbocycles. The summed E-state index contributed by atoms with van der Waals surface area (Å²) in [5, 5.41) is 3.34. The minimum Gasteiger partial charge on any atom is -0.349 e. The second-order valence-corrected chi connectivity index (χ2v) is 3.47. The lowest BCUT2D eigenvalue weighted by molar-refractivity contribution is 0.491. The van der Waals surface area contributed by atoms with Gasteiger partial charge >= 0.3 is 0 Å². The van der Waals surface area contributed by atoms with Gasteiger partial charge in [0.15, 0.2) is 0 Å². The molecule has 2 N–H and O–H groups in total. The van der Waals surface area contributed by atoms with E-state index < -0.39 is 0 Å². The highest BCUT2D eigenvalue weighted by molar-refractivity contribution is 4.96. The average molecular weight is 165 g/mol. The fourth-order valence-electron chi connectivity index (χ4n) is 1.62. The van der Waals surface area contributed by atoms with E-state index in [1.807, 2.05) is 19.4 Å². The zero-order valence-corrected chi connectivity index (χ0v) is 7.38. The van der Waals surface area contributed by atoms with E-state index in [0.717, 1.165) is 18.2 Å². The second-order valence-electron chi connectivity index (χ2n) is 3.47. The van der Waals surface area contributed by atoms with Crippen LogP contribution in [0.2, 0.25) is 0 Å². The molecule has 1 fully saturated rings. The normalized spacial score (nSPS) is 19.4. The Morgan fingerprint density at radius 2 is 2.58 bits per heavy atom. The predicted molar refractivity (Wildman–Crippen MR) is 47.9 cm³/mol. The molecule has 12 heavy (non-hydrogen) atoms. The van der Waals surface area contributed by atoms with Crippen LogP contribution < -0.4 is 5.32 Å². The molecule has 1 aromatic rings. The largest absolute Gasteiger partial charge is 0.349 e. The summed E-state index contributed by atoms with van der Waals surface area (Å²) in [5.41, 5.74) is 0. The summed E-state index contributed by atoms with van der Waals surface area (Å²) in [5.74, 6) is 1.99. The Hall–Kier alpha value is -0.830. The van der Waals surface area contributed by atoms with E-state index in [1.54, 1.807) is 0 Å². The average Bonchev–Trinajstić information content (AvgIpc) is 2.80. The lowest BCUT2D eigenvalue weighted by atomic mass is 10.1. The van der Waals surface area contributed by atoms with E-state index in [1.165, 1.54) is 12.8 Å². The monoisotopic (exact) mass is 165 g/mol. The summed E-state index contributed by atoms with van der Waals surface area (Å²) in [6.45, 7) is 0. The van der Waals surface area contributed by atoms with Crippen LogP contribution in [0, 0.1) is 5.92 Å². The molecular formula is C9H15N3. The van der Waals surface area contributed by atoms with Crippen LogP contribution in [0.3, 0.4) is 0 Å². The number of hydrogen-bond donors (Lipinski definition) is 2. The molecule has 0 saturated heterocycles. The van der Waals surface area contributed by atoms with Crippen molar-refractivity contribution in [2.24, 2.45) is 5.92 Å². The highest BCUT2D eigenvalue weighted by Crippen LogP contribution is 2.33. The Kier molecular flexibility index (Phi) is 2.13. The molecule has 66 valence electrons. The molecule has 0 amide bonds. The van der Waals surface area contributed by atoms with Crippen molar-refractivity contribution in [3.8, 4) is 0 Å². The molecule has 1 heterocycles. The lowest BCUT2D eigenvalue weighted by Crippen LogP contribution is -2.30. The van der Waals surface area contributed by atoms with E-state index in [9.17, 15) is 0 Å². The standard InChI is InChI=1S/C9H15N3/c1-10-8(7-2-3-7)6-9-11-4-5-12-9/h4-5,7-8,10H,2-3,6H2,1H3,(H,11,12). The highest BCUT2D eigenvalue weighted by atomic mass is 14.9. The number of H-pyrrole nitrogens is 1. The minimum absolute atomic E-state index is 0.621. The maximum absolute atomic E-state index is 4.22. The highest BCUT2D eigenvalue weighted by Gasteiger charge is 2.30. The van der Waals surface area contributed by atoms with Gasteiger partial charge in [0.25, 0.3) is 0 Å². The van der Waals surface area contributed by atoms with Crippen molar-refractivity contribution in [1.29, 1.82) is 0 Å². The van der Waals surface area contributed by atoms with Crippen LogP contribution in [0.1, 0.15) is 18.7 Å². The molecule has 2 rings (SSSR count).